The molecule has 1 unspecified atom stereocenters. The van der Waals surface area contributed by atoms with Gasteiger partial charge in [0.25, 0.3) is 15.7 Å². The predicted octanol–water partition coefficient (Wildman–Crippen LogP) is 2.03. The number of alkyl halides is 4. The first-order chi connectivity index (χ1) is 16.8. The van der Waals surface area contributed by atoms with Gasteiger partial charge in [0.15, 0.2) is 0 Å². The maximum atomic E-state index is 13.6. The number of carbonyl (C=O) groups excluding carboxylic acids is 1. The number of sulfone groups is 1. The smallest absolute Gasteiger partial charge is 0.386 e. The second-order valence-electron chi connectivity index (χ2n) is 8.72. The number of amides is 1. The number of nitrogens with zero attached hydrogens (tertiary/aromatic N) is 3. The van der Waals surface area contributed by atoms with Gasteiger partial charge in [-0.3, -0.25) is 9.69 Å². The average Bonchev–Trinajstić information content (AvgIpc) is 3.25. The Morgan fingerprint density at radius 1 is 1.19 bits per heavy atom. The average molecular weight is 531 g/mol. The molecule has 0 radical (unpaired) electrons. The van der Waals surface area contributed by atoms with Crippen LogP contribution in [-0.4, -0.2) is 61.9 Å². The fourth-order valence-corrected chi connectivity index (χ4v) is 5.15. The quantitative estimate of drug-likeness (QED) is 0.211. The lowest BCUT2D eigenvalue weighted by molar-refractivity contribution is -0.114. The number of benzene rings is 1. The number of hydrogen-bond donors (Lipinski definition) is 3. The second kappa shape index (κ2) is 10.8. The summed E-state index contributed by atoms with van der Waals surface area (Å²) in [5, 5.41) is 12.6. The Kier molecular flexibility index (Phi) is 8.25. The number of aliphatic imine (C=N–C) groups is 1. The first-order valence-corrected chi connectivity index (χ1v) is 12.6. The molecule has 0 bridgehead atoms. The molecular formula is C22H26F4N6O3S. The maximum absolute atomic E-state index is 13.6. The van der Waals surface area contributed by atoms with Gasteiger partial charge in [0.2, 0.25) is 0 Å². The third kappa shape index (κ3) is 6.14. The molecule has 1 heterocycles. The molecule has 36 heavy (non-hydrogen) atoms. The number of nitrogens with two attached hydrogens (primary N) is 2. The van der Waals surface area contributed by atoms with E-state index in [-0.39, 0.29) is 29.2 Å². The van der Waals surface area contributed by atoms with Crippen molar-refractivity contribution in [1.82, 2.24) is 10.2 Å². The highest BCUT2D eigenvalue weighted by Gasteiger charge is 2.46. The van der Waals surface area contributed by atoms with Crippen LogP contribution in [0.5, 0.6) is 0 Å². The number of carbonyl (C=O) groups is 1. The number of primary amides is 1. The van der Waals surface area contributed by atoms with Gasteiger partial charge in [0, 0.05) is 31.4 Å². The summed E-state index contributed by atoms with van der Waals surface area (Å²) in [5.41, 5.74) is 5.60. The molecule has 2 fully saturated rings. The second-order valence-corrected chi connectivity index (χ2v) is 10.7. The molecule has 0 aromatic heterocycles. The Hall–Kier alpha value is -3.18. The van der Waals surface area contributed by atoms with Gasteiger partial charge in [0.1, 0.15) is 12.0 Å². The van der Waals surface area contributed by atoms with Crippen molar-refractivity contribution >= 4 is 27.3 Å². The highest BCUT2D eigenvalue weighted by molar-refractivity contribution is 7.92. The molecule has 2 aliphatic rings. The lowest BCUT2D eigenvalue weighted by Gasteiger charge is -2.37. The molecule has 1 aromatic carbocycles. The zero-order chi connectivity index (χ0) is 26.7. The number of halogens is 4. The molecule has 14 heteroatoms. The number of nitriles is 1. The van der Waals surface area contributed by atoms with E-state index in [4.69, 9.17) is 11.5 Å². The van der Waals surface area contributed by atoms with Crippen molar-refractivity contribution in [2.75, 3.05) is 13.1 Å². The monoisotopic (exact) mass is 530 g/mol. The Balaban J connectivity index is 1.71. The summed E-state index contributed by atoms with van der Waals surface area (Å²) < 4.78 is 74.6. The molecule has 1 amide bonds. The zero-order valence-corrected chi connectivity index (χ0v) is 19.9. The SMILES string of the molecule is N#C[C@H]1CC(N2CC[C@@H](F)C2)CC[C@@H]1N/C=C(/C(N)=O)C(N)=Nc1ccc(S(=O)(=O)C(F)(F)F)cc1. The fraction of sp³-hybridized carbons (Fsp3) is 0.500. The fourth-order valence-electron chi connectivity index (χ4n) is 4.39. The molecule has 0 spiro atoms. The van der Waals surface area contributed by atoms with Crippen LogP contribution in [0.25, 0.3) is 0 Å². The van der Waals surface area contributed by atoms with E-state index in [1.807, 2.05) is 0 Å². The van der Waals surface area contributed by atoms with Crippen molar-refractivity contribution in [1.29, 1.82) is 5.26 Å². The number of rotatable bonds is 7. The minimum Gasteiger partial charge on any atom is -0.386 e. The predicted molar refractivity (Wildman–Crippen MR) is 123 cm³/mol. The Labute approximate surface area is 205 Å². The third-order valence-corrected chi connectivity index (χ3v) is 7.85. The first-order valence-electron chi connectivity index (χ1n) is 11.1. The topological polar surface area (TPSA) is 155 Å². The molecule has 1 aliphatic carbocycles. The highest BCUT2D eigenvalue weighted by atomic mass is 32.2. The number of nitrogens with one attached hydrogen (secondary N) is 1. The summed E-state index contributed by atoms with van der Waals surface area (Å²) in [7, 11) is -5.52. The third-order valence-electron chi connectivity index (χ3n) is 6.35. The van der Waals surface area contributed by atoms with Gasteiger partial charge in [-0.05, 0) is 49.9 Å². The summed E-state index contributed by atoms with van der Waals surface area (Å²) in [6.07, 6.45) is 2.74. The Morgan fingerprint density at radius 3 is 2.39 bits per heavy atom. The number of hydrogen-bond acceptors (Lipinski definition) is 7. The summed E-state index contributed by atoms with van der Waals surface area (Å²) in [6.45, 7) is 1.02. The molecular weight excluding hydrogens is 504 g/mol. The lowest BCUT2D eigenvalue weighted by atomic mass is 9.81. The van der Waals surface area contributed by atoms with Crippen molar-refractivity contribution in [3.63, 3.8) is 0 Å². The largest absolute Gasteiger partial charge is 0.501 e. The van der Waals surface area contributed by atoms with Crippen molar-refractivity contribution in [2.45, 2.75) is 54.3 Å². The summed E-state index contributed by atoms with van der Waals surface area (Å²) in [5.74, 6) is -1.70. The van der Waals surface area contributed by atoms with Crippen molar-refractivity contribution < 1.29 is 30.8 Å². The standard InChI is InChI=1S/C22H26F4N6O3S/c23-14-7-8-32(12-14)16-3-6-19(13(9-16)10-27)30-11-18(21(29)33)20(28)31-15-1-4-17(5-2-15)36(34,35)22(24,25)26/h1-2,4-5,11,13-14,16,19,30H,3,6-9,12H2,(H2,28,31)(H2,29,33)/b18-11+/t13-,14-,16?,19+/m1/s1. The molecule has 1 aliphatic heterocycles. The van der Waals surface area contributed by atoms with Crippen LogP contribution in [0.4, 0.5) is 23.2 Å². The van der Waals surface area contributed by atoms with Crippen LogP contribution in [-0.2, 0) is 14.6 Å². The van der Waals surface area contributed by atoms with E-state index in [0.29, 0.717) is 32.4 Å². The summed E-state index contributed by atoms with van der Waals surface area (Å²) in [4.78, 5) is 17.0. The zero-order valence-electron chi connectivity index (χ0n) is 19.1. The normalized spacial score (nSPS) is 26.4. The minimum atomic E-state index is -5.52. The minimum absolute atomic E-state index is 0.00651. The molecule has 1 aromatic rings. The number of likely N-dealkylation sites (tertiary alicyclic amines) is 1. The van der Waals surface area contributed by atoms with Gasteiger partial charge in [-0.1, -0.05) is 0 Å². The van der Waals surface area contributed by atoms with Crippen LogP contribution in [0.3, 0.4) is 0 Å². The summed E-state index contributed by atoms with van der Waals surface area (Å²) >= 11 is 0. The first kappa shape index (κ1) is 27.4. The van der Waals surface area contributed by atoms with E-state index >= 15 is 0 Å². The maximum Gasteiger partial charge on any atom is 0.501 e. The summed E-state index contributed by atoms with van der Waals surface area (Å²) in [6, 6.07) is 5.49. The van der Waals surface area contributed by atoms with Gasteiger partial charge in [-0.15, -0.1) is 0 Å². The van der Waals surface area contributed by atoms with Crippen LogP contribution in [0, 0.1) is 17.2 Å². The Bertz CT molecular complexity index is 1180. The molecule has 4 atom stereocenters. The Morgan fingerprint density at radius 2 is 1.86 bits per heavy atom. The molecule has 1 saturated heterocycles. The van der Waals surface area contributed by atoms with E-state index in [1.165, 1.54) is 6.20 Å². The van der Waals surface area contributed by atoms with Gasteiger partial charge in [0.05, 0.1) is 28.1 Å². The van der Waals surface area contributed by atoms with Crippen LogP contribution in [0.2, 0.25) is 0 Å². The van der Waals surface area contributed by atoms with Gasteiger partial charge in [-0.2, -0.15) is 18.4 Å². The van der Waals surface area contributed by atoms with Crippen molar-refractivity contribution in [2.24, 2.45) is 22.4 Å². The van der Waals surface area contributed by atoms with Crippen LogP contribution < -0.4 is 16.8 Å². The van der Waals surface area contributed by atoms with Crippen LogP contribution >= 0.6 is 0 Å². The molecule has 196 valence electrons. The van der Waals surface area contributed by atoms with E-state index < -0.39 is 38.2 Å². The van der Waals surface area contributed by atoms with E-state index in [1.54, 1.807) is 0 Å². The van der Waals surface area contributed by atoms with Crippen LogP contribution in [0.1, 0.15) is 25.7 Å². The van der Waals surface area contributed by atoms with E-state index in [2.05, 4.69) is 21.3 Å². The molecule has 9 nitrogen and oxygen atoms in total. The van der Waals surface area contributed by atoms with Crippen molar-refractivity contribution in [3.05, 3.63) is 36.0 Å². The van der Waals surface area contributed by atoms with Gasteiger partial charge < -0.3 is 16.8 Å². The van der Waals surface area contributed by atoms with Crippen molar-refractivity contribution in [3.8, 4) is 6.07 Å². The van der Waals surface area contributed by atoms with Crippen LogP contribution in [0.15, 0.2) is 45.9 Å². The molecule has 3 rings (SSSR count). The lowest BCUT2D eigenvalue weighted by Crippen LogP contribution is -2.45. The van der Waals surface area contributed by atoms with Gasteiger partial charge >= 0.3 is 5.51 Å². The van der Waals surface area contributed by atoms with Gasteiger partial charge in [-0.25, -0.2) is 17.8 Å². The highest BCUT2D eigenvalue weighted by Crippen LogP contribution is 2.32. The number of amidine groups is 1. The molecule has 1 saturated carbocycles. The van der Waals surface area contributed by atoms with E-state index in [0.717, 1.165) is 30.7 Å². The van der Waals surface area contributed by atoms with E-state index in [9.17, 15) is 36.0 Å². The molecule has 5 N–H and O–H groups in total.